The van der Waals surface area contributed by atoms with Crippen molar-refractivity contribution in [3.8, 4) is 0 Å². The Hall–Kier alpha value is -2.18. The number of nitrogens with zero attached hydrogens (tertiary/aromatic N) is 2. The number of hydrogen-bond acceptors (Lipinski definition) is 4. The molecule has 2 heterocycles. The number of thiophene rings is 1. The zero-order chi connectivity index (χ0) is 19.1. The summed E-state index contributed by atoms with van der Waals surface area (Å²) in [7, 11) is 0. The lowest BCUT2D eigenvalue weighted by atomic mass is 9.96. The smallest absolute Gasteiger partial charge is 0.254 e. The quantitative estimate of drug-likeness (QED) is 0.797. The summed E-state index contributed by atoms with van der Waals surface area (Å²) in [5.74, 6) is 0.124. The van der Waals surface area contributed by atoms with E-state index < -0.39 is 0 Å². The Balaban J connectivity index is 1.40. The van der Waals surface area contributed by atoms with Gasteiger partial charge < -0.3 is 10.2 Å². The number of benzene rings is 1. The van der Waals surface area contributed by atoms with Crippen LogP contribution in [-0.4, -0.2) is 60.9 Å². The van der Waals surface area contributed by atoms with E-state index in [1.54, 1.807) is 11.3 Å². The van der Waals surface area contributed by atoms with E-state index in [2.05, 4.69) is 10.2 Å². The molecule has 1 unspecified atom stereocenters. The van der Waals surface area contributed by atoms with Crippen LogP contribution in [0.4, 0.5) is 0 Å². The van der Waals surface area contributed by atoms with Gasteiger partial charge in [-0.15, -0.1) is 0 Å². The first-order valence-electron chi connectivity index (χ1n) is 9.55. The van der Waals surface area contributed by atoms with Gasteiger partial charge in [0.1, 0.15) is 0 Å². The summed E-state index contributed by atoms with van der Waals surface area (Å²) in [6, 6.07) is 11.8. The van der Waals surface area contributed by atoms with Gasteiger partial charge in [-0.2, -0.15) is 11.3 Å². The molecule has 1 aliphatic heterocycles. The fraction of sp³-hybridized carbons (Fsp3) is 0.429. The second-order valence-electron chi connectivity index (χ2n) is 6.81. The highest BCUT2D eigenvalue weighted by Crippen LogP contribution is 2.19. The lowest BCUT2D eigenvalue weighted by Gasteiger charge is -2.34. The van der Waals surface area contributed by atoms with E-state index in [1.807, 2.05) is 59.0 Å². The first-order valence-corrected chi connectivity index (χ1v) is 10.5. The largest absolute Gasteiger partial charge is 0.354 e. The molecule has 1 saturated heterocycles. The Kier molecular flexibility index (Phi) is 7.01. The summed E-state index contributed by atoms with van der Waals surface area (Å²) < 4.78 is 0. The number of piperazine rings is 1. The summed E-state index contributed by atoms with van der Waals surface area (Å²) in [5, 5.41) is 6.92. The Labute approximate surface area is 165 Å². The van der Waals surface area contributed by atoms with Gasteiger partial charge in [-0.3, -0.25) is 14.5 Å². The predicted molar refractivity (Wildman–Crippen MR) is 109 cm³/mol. The summed E-state index contributed by atoms with van der Waals surface area (Å²) in [4.78, 5) is 29.1. The van der Waals surface area contributed by atoms with Gasteiger partial charge >= 0.3 is 0 Å². The van der Waals surface area contributed by atoms with Crippen LogP contribution < -0.4 is 5.32 Å². The van der Waals surface area contributed by atoms with Crippen LogP contribution in [0.1, 0.15) is 35.2 Å². The van der Waals surface area contributed by atoms with E-state index >= 15 is 0 Å². The van der Waals surface area contributed by atoms with Crippen LogP contribution in [0.3, 0.4) is 0 Å². The van der Waals surface area contributed by atoms with Crippen LogP contribution in [0.2, 0.25) is 0 Å². The normalized spacial score (nSPS) is 16.1. The van der Waals surface area contributed by atoms with Crippen molar-refractivity contribution in [3.63, 3.8) is 0 Å². The van der Waals surface area contributed by atoms with Crippen LogP contribution in [0.25, 0.3) is 0 Å². The summed E-state index contributed by atoms with van der Waals surface area (Å²) in [5.41, 5.74) is 1.85. The van der Waals surface area contributed by atoms with Gasteiger partial charge in [0.2, 0.25) is 5.91 Å². The number of hydrogen-bond donors (Lipinski definition) is 1. The Morgan fingerprint density at radius 1 is 1.11 bits per heavy atom. The van der Waals surface area contributed by atoms with Crippen molar-refractivity contribution in [1.29, 1.82) is 0 Å². The molecular weight excluding hydrogens is 358 g/mol. The highest BCUT2D eigenvalue weighted by molar-refractivity contribution is 7.08. The second kappa shape index (κ2) is 9.67. The monoisotopic (exact) mass is 385 g/mol. The Bertz CT molecular complexity index is 725. The molecule has 1 aromatic heterocycles. The van der Waals surface area contributed by atoms with Crippen molar-refractivity contribution in [2.24, 2.45) is 0 Å². The molecule has 5 nitrogen and oxygen atoms in total. The molecule has 1 atom stereocenters. The minimum absolute atomic E-state index is 0.0914. The predicted octanol–water partition coefficient (Wildman–Crippen LogP) is 2.82. The molecule has 1 aromatic carbocycles. The summed E-state index contributed by atoms with van der Waals surface area (Å²) in [6.07, 6.45) is 0.791. The van der Waals surface area contributed by atoms with E-state index in [-0.39, 0.29) is 17.7 Å². The molecule has 2 aromatic rings. The van der Waals surface area contributed by atoms with Crippen LogP contribution in [0.5, 0.6) is 0 Å². The number of nitrogens with one attached hydrogen (secondary N) is 1. The van der Waals surface area contributed by atoms with Gasteiger partial charge in [0.15, 0.2) is 0 Å². The maximum Gasteiger partial charge on any atom is 0.254 e. The fourth-order valence-corrected chi connectivity index (χ4v) is 4.09. The SMILES string of the molecule is CCC(C(=O)NCCN1CCN(C(=O)c2ccsc2)CC1)c1ccccc1. The van der Waals surface area contributed by atoms with Crippen LogP contribution in [0, 0.1) is 0 Å². The molecule has 0 saturated carbocycles. The van der Waals surface area contributed by atoms with Crippen molar-refractivity contribution in [2.75, 3.05) is 39.3 Å². The zero-order valence-electron chi connectivity index (χ0n) is 15.8. The summed E-state index contributed by atoms with van der Waals surface area (Å²) in [6.45, 7) is 6.68. The molecule has 0 bridgehead atoms. The molecule has 2 amide bonds. The van der Waals surface area contributed by atoms with E-state index in [0.717, 1.165) is 50.3 Å². The number of amides is 2. The molecule has 0 radical (unpaired) electrons. The Morgan fingerprint density at radius 3 is 2.48 bits per heavy atom. The molecular formula is C21H27N3O2S. The third-order valence-corrected chi connectivity index (χ3v) is 5.76. The molecule has 27 heavy (non-hydrogen) atoms. The molecule has 6 heteroatoms. The van der Waals surface area contributed by atoms with Gasteiger partial charge in [0.25, 0.3) is 5.91 Å². The minimum Gasteiger partial charge on any atom is -0.354 e. The number of carbonyl (C=O) groups is 2. The first kappa shape index (κ1) is 19.6. The maximum atomic E-state index is 12.5. The number of carbonyl (C=O) groups excluding carboxylic acids is 2. The van der Waals surface area contributed by atoms with Gasteiger partial charge in [-0.25, -0.2) is 0 Å². The standard InChI is InChI=1S/C21H27N3O2S/c1-2-19(17-6-4-3-5-7-17)20(25)22-9-10-23-11-13-24(14-12-23)21(26)18-8-15-27-16-18/h3-8,15-16,19H,2,9-14H2,1H3,(H,22,25). The third kappa shape index (κ3) is 5.17. The molecule has 1 N–H and O–H groups in total. The molecule has 0 spiro atoms. The minimum atomic E-state index is -0.0914. The fourth-order valence-electron chi connectivity index (χ4n) is 3.46. The lowest BCUT2D eigenvalue weighted by Crippen LogP contribution is -2.50. The zero-order valence-corrected chi connectivity index (χ0v) is 16.6. The van der Waals surface area contributed by atoms with Crippen LogP contribution in [-0.2, 0) is 4.79 Å². The van der Waals surface area contributed by atoms with Crippen molar-refractivity contribution in [2.45, 2.75) is 19.3 Å². The van der Waals surface area contributed by atoms with E-state index in [0.29, 0.717) is 6.54 Å². The average molecular weight is 386 g/mol. The molecule has 144 valence electrons. The molecule has 3 rings (SSSR count). The van der Waals surface area contributed by atoms with Crippen molar-refractivity contribution >= 4 is 23.2 Å². The van der Waals surface area contributed by atoms with Crippen LogP contribution >= 0.6 is 11.3 Å². The van der Waals surface area contributed by atoms with Crippen molar-refractivity contribution < 1.29 is 9.59 Å². The van der Waals surface area contributed by atoms with E-state index in [4.69, 9.17) is 0 Å². The lowest BCUT2D eigenvalue weighted by molar-refractivity contribution is -0.122. The third-order valence-electron chi connectivity index (χ3n) is 5.08. The molecule has 1 fully saturated rings. The van der Waals surface area contributed by atoms with Gasteiger partial charge in [0, 0.05) is 44.6 Å². The van der Waals surface area contributed by atoms with Crippen LogP contribution in [0.15, 0.2) is 47.2 Å². The average Bonchev–Trinajstić information content (AvgIpc) is 3.24. The Morgan fingerprint density at radius 2 is 1.85 bits per heavy atom. The van der Waals surface area contributed by atoms with E-state index in [9.17, 15) is 9.59 Å². The highest BCUT2D eigenvalue weighted by atomic mass is 32.1. The second-order valence-corrected chi connectivity index (χ2v) is 7.59. The molecule has 0 aliphatic carbocycles. The first-order chi connectivity index (χ1) is 13.2. The van der Waals surface area contributed by atoms with Crippen molar-refractivity contribution in [1.82, 2.24) is 15.1 Å². The van der Waals surface area contributed by atoms with Gasteiger partial charge in [0.05, 0.1) is 11.5 Å². The van der Waals surface area contributed by atoms with E-state index in [1.165, 1.54) is 0 Å². The maximum absolute atomic E-state index is 12.5. The topological polar surface area (TPSA) is 52.7 Å². The number of rotatable bonds is 7. The van der Waals surface area contributed by atoms with Gasteiger partial charge in [-0.1, -0.05) is 37.3 Å². The molecule has 1 aliphatic rings. The van der Waals surface area contributed by atoms with Crippen molar-refractivity contribution in [3.05, 3.63) is 58.3 Å². The highest BCUT2D eigenvalue weighted by Gasteiger charge is 2.23. The summed E-state index contributed by atoms with van der Waals surface area (Å²) >= 11 is 1.55. The van der Waals surface area contributed by atoms with Gasteiger partial charge in [-0.05, 0) is 23.4 Å².